The average molecular weight is 387 g/mol. The van der Waals surface area contributed by atoms with Crippen molar-refractivity contribution >= 4 is 23.4 Å². The molecule has 0 spiro atoms. The van der Waals surface area contributed by atoms with Crippen LogP contribution in [0.25, 0.3) is 0 Å². The first-order valence-electron chi connectivity index (χ1n) is 9.95. The normalized spacial score (nSPS) is 21.2. The maximum atomic E-state index is 13.1. The van der Waals surface area contributed by atoms with Crippen molar-refractivity contribution in [1.29, 1.82) is 0 Å². The van der Waals surface area contributed by atoms with Crippen LogP contribution >= 0.6 is 0 Å². The molecule has 0 aliphatic carbocycles. The van der Waals surface area contributed by atoms with Crippen molar-refractivity contribution in [2.24, 2.45) is 0 Å². The van der Waals surface area contributed by atoms with Crippen LogP contribution in [-0.2, 0) is 32.1 Å². The summed E-state index contributed by atoms with van der Waals surface area (Å²) in [7, 11) is 3.41. The Kier molecular flexibility index (Phi) is 6.34. The summed E-state index contributed by atoms with van der Waals surface area (Å²) in [4.78, 5) is 40.9. The van der Waals surface area contributed by atoms with E-state index in [1.165, 1.54) is 4.90 Å². The summed E-state index contributed by atoms with van der Waals surface area (Å²) in [6, 6.07) is 5.19. The molecule has 1 fully saturated rings. The molecule has 0 bridgehead atoms. The molecule has 2 atom stereocenters. The van der Waals surface area contributed by atoms with Gasteiger partial charge in [-0.2, -0.15) is 0 Å². The number of anilines is 1. The van der Waals surface area contributed by atoms with Gasteiger partial charge in [0.15, 0.2) is 0 Å². The second kappa shape index (κ2) is 8.73. The van der Waals surface area contributed by atoms with Crippen LogP contribution in [0.15, 0.2) is 18.2 Å². The van der Waals surface area contributed by atoms with Gasteiger partial charge in [-0.3, -0.25) is 14.4 Å². The first-order chi connectivity index (χ1) is 13.4. The zero-order chi connectivity index (χ0) is 20.3. The SMILES string of the molecule is CCCC(=O)Nc1ccc2c(c1)CN(C(=O)C1CCCO1)C(C(=O)N(C)C)C2. The Morgan fingerprint density at radius 2 is 2.04 bits per heavy atom. The Morgan fingerprint density at radius 1 is 1.25 bits per heavy atom. The van der Waals surface area contributed by atoms with E-state index in [9.17, 15) is 14.4 Å². The van der Waals surface area contributed by atoms with E-state index < -0.39 is 12.1 Å². The molecule has 1 saturated heterocycles. The lowest BCUT2D eigenvalue weighted by molar-refractivity contribution is -0.151. The first-order valence-corrected chi connectivity index (χ1v) is 9.95. The Bertz CT molecular complexity index is 756. The number of nitrogens with zero attached hydrogens (tertiary/aromatic N) is 2. The maximum Gasteiger partial charge on any atom is 0.252 e. The van der Waals surface area contributed by atoms with Crippen LogP contribution in [0.2, 0.25) is 0 Å². The van der Waals surface area contributed by atoms with Gasteiger partial charge in [-0.05, 0) is 42.5 Å². The van der Waals surface area contributed by atoms with Gasteiger partial charge in [0, 0.05) is 45.8 Å². The van der Waals surface area contributed by atoms with Crippen molar-refractivity contribution in [2.75, 3.05) is 26.0 Å². The smallest absolute Gasteiger partial charge is 0.252 e. The highest BCUT2D eigenvalue weighted by Crippen LogP contribution is 2.29. The minimum absolute atomic E-state index is 0.0220. The summed E-state index contributed by atoms with van der Waals surface area (Å²) in [6.07, 6.45) is 2.81. The third-order valence-electron chi connectivity index (χ3n) is 5.31. The molecule has 28 heavy (non-hydrogen) atoms. The van der Waals surface area contributed by atoms with Gasteiger partial charge in [-0.15, -0.1) is 0 Å². The number of hydrogen-bond acceptors (Lipinski definition) is 4. The van der Waals surface area contributed by atoms with Crippen molar-refractivity contribution in [3.8, 4) is 0 Å². The van der Waals surface area contributed by atoms with Gasteiger partial charge in [-0.25, -0.2) is 0 Å². The highest BCUT2D eigenvalue weighted by molar-refractivity contribution is 5.92. The van der Waals surface area contributed by atoms with Gasteiger partial charge in [-0.1, -0.05) is 13.0 Å². The van der Waals surface area contributed by atoms with E-state index in [1.807, 2.05) is 25.1 Å². The number of ether oxygens (including phenoxy) is 1. The zero-order valence-corrected chi connectivity index (χ0v) is 16.9. The van der Waals surface area contributed by atoms with Crippen molar-refractivity contribution in [2.45, 2.75) is 57.7 Å². The number of fused-ring (bicyclic) bond motifs is 1. The van der Waals surface area contributed by atoms with E-state index in [1.54, 1.807) is 19.0 Å². The van der Waals surface area contributed by atoms with Crippen LogP contribution in [0.1, 0.15) is 43.7 Å². The molecule has 1 N–H and O–H groups in total. The molecule has 3 amide bonds. The van der Waals surface area contributed by atoms with Crippen LogP contribution in [-0.4, -0.2) is 60.4 Å². The largest absolute Gasteiger partial charge is 0.368 e. The van der Waals surface area contributed by atoms with Crippen molar-refractivity contribution in [3.05, 3.63) is 29.3 Å². The lowest BCUT2D eigenvalue weighted by atomic mass is 9.92. The molecule has 0 radical (unpaired) electrons. The summed E-state index contributed by atoms with van der Waals surface area (Å²) in [6.45, 7) is 2.89. The quantitative estimate of drug-likeness (QED) is 0.838. The van der Waals surface area contributed by atoms with Crippen LogP contribution < -0.4 is 5.32 Å². The van der Waals surface area contributed by atoms with E-state index in [0.29, 0.717) is 32.4 Å². The van der Waals surface area contributed by atoms with Gasteiger partial charge in [0.1, 0.15) is 12.1 Å². The molecular formula is C21H29N3O4. The van der Waals surface area contributed by atoms with Gasteiger partial charge in [0.05, 0.1) is 0 Å². The van der Waals surface area contributed by atoms with E-state index in [2.05, 4.69) is 5.32 Å². The van der Waals surface area contributed by atoms with Gasteiger partial charge in [0.2, 0.25) is 11.8 Å². The first kappa shape index (κ1) is 20.3. The molecule has 7 nitrogen and oxygen atoms in total. The topological polar surface area (TPSA) is 79.0 Å². The predicted molar refractivity (Wildman–Crippen MR) is 106 cm³/mol. The third kappa shape index (κ3) is 4.35. The Balaban J connectivity index is 1.86. The number of benzene rings is 1. The molecule has 2 aliphatic heterocycles. The highest BCUT2D eigenvalue weighted by atomic mass is 16.5. The molecule has 0 aromatic heterocycles. The lowest BCUT2D eigenvalue weighted by Crippen LogP contribution is -2.54. The van der Waals surface area contributed by atoms with Crippen molar-refractivity contribution in [3.63, 3.8) is 0 Å². The number of rotatable bonds is 5. The van der Waals surface area contributed by atoms with Crippen LogP contribution in [0, 0.1) is 0 Å². The number of amides is 3. The Hall–Kier alpha value is -2.41. The molecule has 1 aromatic carbocycles. The summed E-state index contributed by atoms with van der Waals surface area (Å²) in [5, 5.41) is 2.90. The number of carbonyl (C=O) groups excluding carboxylic acids is 3. The predicted octanol–water partition coefficient (Wildman–Crippen LogP) is 1.95. The van der Waals surface area contributed by atoms with Gasteiger partial charge < -0.3 is 19.9 Å². The molecule has 1 aromatic rings. The van der Waals surface area contributed by atoms with Crippen LogP contribution in [0.5, 0.6) is 0 Å². The minimum atomic E-state index is -0.528. The monoisotopic (exact) mass is 387 g/mol. The molecule has 3 rings (SSSR count). The fourth-order valence-corrected chi connectivity index (χ4v) is 3.82. The maximum absolute atomic E-state index is 13.1. The van der Waals surface area contributed by atoms with E-state index in [-0.39, 0.29) is 17.7 Å². The van der Waals surface area contributed by atoms with Gasteiger partial charge in [0.25, 0.3) is 5.91 Å². The van der Waals surface area contributed by atoms with Gasteiger partial charge >= 0.3 is 0 Å². The third-order valence-corrected chi connectivity index (χ3v) is 5.31. The number of nitrogens with one attached hydrogen (secondary N) is 1. The van der Waals surface area contributed by atoms with Crippen LogP contribution in [0.3, 0.4) is 0 Å². The Morgan fingerprint density at radius 3 is 2.68 bits per heavy atom. The Labute approximate surface area is 166 Å². The van der Waals surface area contributed by atoms with Crippen molar-refractivity contribution < 1.29 is 19.1 Å². The van der Waals surface area contributed by atoms with Crippen molar-refractivity contribution in [1.82, 2.24) is 9.80 Å². The van der Waals surface area contributed by atoms with E-state index in [4.69, 9.17) is 4.74 Å². The summed E-state index contributed by atoms with van der Waals surface area (Å²) in [5.74, 6) is -0.229. The molecule has 0 saturated carbocycles. The lowest BCUT2D eigenvalue weighted by Gasteiger charge is -2.38. The fourth-order valence-electron chi connectivity index (χ4n) is 3.82. The number of likely N-dealkylation sites (N-methyl/N-ethyl adjacent to an activating group) is 1. The van der Waals surface area contributed by atoms with E-state index in [0.717, 1.165) is 29.7 Å². The summed E-state index contributed by atoms with van der Waals surface area (Å²) >= 11 is 0. The van der Waals surface area contributed by atoms with Crippen LogP contribution in [0.4, 0.5) is 5.69 Å². The molecule has 152 valence electrons. The fraction of sp³-hybridized carbons (Fsp3) is 0.571. The molecule has 2 heterocycles. The molecule has 2 aliphatic rings. The number of carbonyl (C=O) groups is 3. The summed E-state index contributed by atoms with van der Waals surface area (Å²) in [5.41, 5.74) is 2.72. The number of hydrogen-bond donors (Lipinski definition) is 1. The minimum Gasteiger partial charge on any atom is -0.368 e. The highest BCUT2D eigenvalue weighted by Gasteiger charge is 2.39. The standard InChI is InChI=1S/C21H29N3O4/c1-4-6-19(25)22-16-9-8-14-12-17(20(26)23(2)3)24(13-15(14)11-16)21(27)18-7-5-10-28-18/h8-9,11,17-18H,4-7,10,12-13H2,1-3H3,(H,22,25). The molecular weight excluding hydrogens is 358 g/mol. The molecule has 2 unspecified atom stereocenters. The molecule has 7 heteroatoms. The second-order valence-electron chi connectivity index (χ2n) is 7.70. The van der Waals surface area contributed by atoms with E-state index >= 15 is 0 Å². The zero-order valence-electron chi connectivity index (χ0n) is 16.9. The summed E-state index contributed by atoms with van der Waals surface area (Å²) < 4.78 is 5.57. The average Bonchev–Trinajstić information content (AvgIpc) is 3.20. The second-order valence-corrected chi connectivity index (χ2v) is 7.70.